The van der Waals surface area contributed by atoms with Crippen molar-refractivity contribution in [3.8, 4) is 5.75 Å². The van der Waals surface area contributed by atoms with Crippen molar-refractivity contribution in [3.63, 3.8) is 0 Å². The predicted octanol–water partition coefficient (Wildman–Crippen LogP) is 1.31. The molecule has 0 aliphatic heterocycles. The topological polar surface area (TPSA) is 110 Å². The highest BCUT2D eigenvalue weighted by Gasteiger charge is 2.14. The molecule has 0 heterocycles. The highest BCUT2D eigenvalue weighted by Crippen LogP contribution is 2.27. The molecule has 0 fully saturated rings. The number of benzene rings is 2. The fraction of sp³-hybridized carbons (Fsp3) is 0.188. The lowest BCUT2D eigenvalue weighted by Gasteiger charge is -2.18. The highest BCUT2D eigenvalue weighted by molar-refractivity contribution is 7.74. The first-order chi connectivity index (χ1) is 11.4. The van der Waals surface area contributed by atoms with Crippen molar-refractivity contribution < 1.29 is 23.1 Å². The Bertz CT molecular complexity index is 764. The van der Waals surface area contributed by atoms with Gasteiger partial charge in [0, 0.05) is 0 Å². The van der Waals surface area contributed by atoms with E-state index in [0.29, 0.717) is 22.7 Å². The van der Waals surface area contributed by atoms with E-state index < -0.39 is 22.9 Å². The van der Waals surface area contributed by atoms with Gasteiger partial charge in [0.2, 0.25) is 10.9 Å². The predicted molar refractivity (Wildman–Crippen MR) is 91.2 cm³/mol. The van der Waals surface area contributed by atoms with Gasteiger partial charge in [-0.15, -0.1) is 0 Å². The molecule has 0 aliphatic rings. The van der Waals surface area contributed by atoms with Crippen molar-refractivity contribution in [1.82, 2.24) is 0 Å². The molecule has 0 bridgehead atoms. The number of nitrogens with two attached hydrogens (primary N) is 1. The molecule has 0 radical (unpaired) electrons. The summed E-state index contributed by atoms with van der Waals surface area (Å²) < 4.78 is 29.5. The molecule has 0 spiro atoms. The molecule has 0 amide bonds. The number of carbonyl (C=O) groups is 1. The third-order valence-corrected chi connectivity index (χ3v) is 4.22. The average Bonchev–Trinajstić information content (AvgIpc) is 2.57. The monoisotopic (exact) mass is 350 g/mol. The number of hydrogen-bond donors (Lipinski definition) is 3. The Morgan fingerprint density at radius 3 is 2.04 bits per heavy atom. The van der Waals surface area contributed by atoms with Gasteiger partial charge >= 0.3 is 5.97 Å². The molecule has 128 valence electrons. The third kappa shape index (κ3) is 4.24. The normalized spacial score (nSPS) is 12.0. The van der Waals surface area contributed by atoms with Crippen LogP contribution < -0.4 is 14.8 Å². The zero-order valence-corrected chi connectivity index (χ0v) is 13.8. The van der Waals surface area contributed by atoms with E-state index in [1.54, 1.807) is 48.5 Å². The number of methoxy groups -OCH3 is 1. The van der Waals surface area contributed by atoms with Gasteiger partial charge in [0.05, 0.1) is 18.5 Å². The minimum Gasteiger partial charge on any atom is -0.497 e. The van der Waals surface area contributed by atoms with Crippen LogP contribution >= 0.6 is 0 Å². The Labute approximate surface area is 141 Å². The van der Waals surface area contributed by atoms with Crippen LogP contribution in [0.1, 0.15) is 5.56 Å². The van der Waals surface area contributed by atoms with Crippen LogP contribution in [-0.2, 0) is 22.1 Å². The van der Waals surface area contributed by atoms with Gasteiger partial charge in [0.15, 0.2) is 0 Å². The first-order valence-electron chi connectivity index (χ1n) is 7.08. The molecular weight excluding hydrogens is 332 g/mol. The van der Waals surface area contributed by atoms with Gasteiger partial charge in [-0.2, -0.15) is 0 Å². The number of rotatable bonds is 7. The van der Waals surface area contributed by atoms with Crippen molar-refractivity contribution in [3.05, 3.63) is 54.1 Å². The molecule has 0 unspecified atom stereocenters. The van der Waals surface area contributed by atoms with E-state index in [0.717, 1.165) is 4.31 Å². The van der Waals surface area contributed by atoms with E-state index >= 15 is 0 Å². The van der Waals surface area contributed by atoms with Gasteiger partial charge in [-0.3, -0.25) is 4.79 Å². The smallest absolute Gasteiger partial charge is 0.320 e. The number of anilines is 2. The fourth-order valence-corrected chi connectivity index (χ4v) is 2.82. The largest absolute Gasteiger partial charge is 0.497 e. The molecule has 2 aromatic rings. The summed E-state index contributed by atoms with van der Waals surface area (Å²) >= 11 is 0. The van der Waals surface area contributed by atoms with Gasteiger partial charge in [-0.05, 0) is 48.4 Å². The second kappa shape index (κ2) is 7.80. The number of hydrogen-bond acceptors (Lipinski definition) is 5. The summed E-state index contributed by atoms with van der Waals surface area (Å²) in [5, 5.41) is 8.83. The molecule has 2 aromatic carbocycles. The van der Waals surface area contributed by atoms with Crippen LogP contribution in [0.3, 0.4) is 0 Å². The Morgan fingerprint density at radius 2 is 1.62 bits per heavy atom. The summed E-state index contributed by atoms with van der Waals surface area (Å²) in [6.45, 7) is 0. The van der Waals surface area contributed by atoms with E-state index in [1.165, 1.54) is 7.11 Å². The Kier molecular flexibility index (Phi) is 5.78. The lowest BCUT2D eigenvalue weighted by Crippen LogP contribution is -2.32. The Morgan fingerprint density at radius 1 is 1.12 bits per heavy atom. The molecule has 7 nitrogen and oxygen atoms in total. The molecule has 1 atom stereocenters. The van der Waals surface area contributed by atoms with Gasteiger partial charge in [0.1, 0.15) is 11.8 Å². The Hall–Kier alpha value is -2.58. The van der Waals surface area contributed by atoms with Crippen molar-refractivity contribution in [2.24, 2.45) is 5.73 Å². The van der Waals surface area contributed by atoms with Gasteiger partial charge in [0.25, 0.3) is 0 Å². The molecule has 3 N–H and O–H groups in total. The van der Waals surface area contributed by atoms with Gasteiger partial charge in [-0.1, -0.05) is 12.1 Å². The van der Waals surface area contributed by atoms with Crippen LogP contribution in [0.4, 0.5) is 11.4 Å². The lowest BCUT2D eigenvalue weighted by atomic mass is 10.1. The molecular formula is C16H18N2O5S. The van der Waals surface area contributed by atoms with Crippen LogP contribution in [0.2, 0.25) is 0 Å². The van der Waals surface area contributed by atoms with E-state index in [-0.39, 0.29) is 6.42 Å². The van der Waals surface area contributed by atoms with E-state index in [4.69, 9.17) is 15.6 Å². The van der Waals surface area contributed by atoms with Crippen LogP contribution in [0.25, 0.3) is 0 Å². The summed E-state index contributed by atoms with van der Waals surface area (Å²) in [4.78, 5) is 10.8. The minimum absolute atomic E-state index is 0.168. The molecule has 8 heteroatoms. The van der Waals surface area contributed by atoms with Crippen LogP contribution in [0.15, 0.2) is 48.5 Å². The maximum absolute atomic E-state index is 11.6. The molecule has 0 aromatic heterocycles. The molecule has 0 aliphatic carbocycles. The van der Waals surface area contributed by atoms with Crippen molar-refractivity contribution in [2.75, 3.05) is 11.4 Å². The number of ether oxygens (including phenoxy) is 1. The maximum Gasteiger partial charge on any atom is 0.320 e. The summed E-state index contributed by atoms with van der Waals surface area (Å²) in [5.74, 6) is -0.459. The number of carboxylic acid groups (broad SMARTS) is 1. The molecule has 0 saturated heterocycles. The molecule has 2 rings (SSSR count). The summed E-state index contributed by atoms with van der Waals surface area (Å²) in [7, 11) is -1.36. The number of thiol groups is 1. The van der Waals surface area contributed by atoms with Crippen LogP contribution in [0, 0.1) is 0 Å². The van der Waals surface area contributed by atoms with E-state index in [9.17, 15) is 13.2 Å². The average molecular weight is 350 g/mol. The quantitative estimate of drug-likeness (QED) is 0.650. The minimum atomic E-state index is -2.89. The van der Waals surface area contributed by atoms with Crippen LogP contribution in [0.5, 0.6) is 5.75 Å². The summed E-state index contributed by atoms with van der Waals surface area (Å²) in [6.07, 6.45) is 0.168. The zero-order chi connectivity index (χ0) is 17.7. The maximum atomic E-state index is 11.6. The third-order valence-electron chi connectivity index (χ3n) is 3.43. The first kappa shape index (κ1) is 17.8. The second-order valence-corrected chi connectivity index (χ2v) is 5.94. The van der Waals surface area contributed by atoms with Gasteiger partial charge < -0.3 is 15.6 Å². The highest BCUT2D eigenvalue weighted by atomic mass is 32.2. The van der Waals surface area contributed by atoms with Crippen molar-refractivity contribution >= 4 is 28.2 Å². The second-order valence-electron chi connectivity index (χ2n) is 5.06. The zero-order valence-electron chi connectivity index (χ0n) is 13.0. The van der Waals surface area contributed by atoms with Crippen molar-refractivity contribution in [2.45, 2.75) is 12.5 Å². The fourth-order valence-electron chi connectivity index (χ4n) is 2.18. The molecule has 24 heavy (non-hydrogen) atoms. The standard InChI is InChI=1S/C16H18N2O5S/c1-23-14-8-6-13(7-9-14)18(24(21)22)12-4-2-11(3-5-12)10-15(17)16(19)20/h2-9,15,24H,10,17H2,1H3,(H,19,20)/t15-/m0/s1. The first-order valence-corrected chi connectivity index (χ1v) is 8.21. The lowest BCUT2D eigenvalue weighted by molar-refractivity contribution is -0.138. The van der Waals surface area contributed by atoms with Crippen molar-refractivity contribution in [1.29, 1.82) is 0 Å². The molecule has 0 saturated carbocycles. The van der Waals surface area contributed by atoms with Crippen LogP contribution in [-0.4, -0.2) is 32.6 Å². The van der Waals surface area contributed by atoms with E-state index in [2.05, 4.69) is 0 Å². The summed E-state index contributed by atoms with van der Waals surface area (Å²) in [6, 6.07) is 12.2. The number of nitrogens with zero attached hydrogens (tertiary/aromatic N) is 1. The SMILES string of the molecule is COc1ccc(N(c2ccc(C[C@H](N)C(=O)O)cc2)[SH](=O)=O)cc1. The summed E-state index contributed by atoms with van der Waals surface area (Å²) in [5.41, 5.74) is 7.13. The van der Waals surface area contributed by atoms with Gasteiger partial charge in [-0.25, -0.2) is 12.7 Å². The Balaban J connectivity index is 2.26. The van der Waals surface area contributed by atoms with E-state index in [1.807, 2.05) is 0 Å². The number of carboxylic acids is 1. The number of aliphatic carboxylic acids is 1.